The standard InChI is InChI=1S/C31H37FN4O6/c1-6-41-30(40)28(39)26-18(2)34-25-16-24(35-36(25)27(26)21-11-13-31(4,5)14-12-21)29(42-19(3)37)33-17-23(38)15-20-7-9-22(32)10-8-20/h7-10,16,21,28,39H,6,11-15,17H2,1-5H3/b33-29-/t28-/m0/s1. The van der Waals surface area contributed by atoms with E-state index in [2.05, 4.69) is 28.9 Å². The van der Waals surface area contributed by atoms with Crippen molar-refractivity contribution in [2.75, 3.05) is 13.2 Å². The number of hydrogen-bond donors (Lipinski definition) is 1. The number of ether oxygens (including phenoxy) is 2. The Bertz CT molecular complexity index is 1500. The van der Waals surface area contributed by atoms with Gasteiger partial charge in [-0.3, -0.25) is 9.59 Å². The highest BCUT2D eigenvalue weighted by Crippen LogP contribution is 2.44. The molecule has 0 unspecified atom stereocenters. The van der Waals surface area contributed by atoms with Crippen molar-refractivity contribution in [1.29, 1.82) is 0 Å². The zero-order chi connectivity index (χ0) is 30.6. The average molecular weight is 581 g/mol. The van der Waals surface area contributed by atoms with Crippen molar-refractivity contribution in [3.63, 3.8) is 0 Å². The number of hydrogen-bond acceptors (Lipinski definition) is 9. The lowest BCUT2D eigenvalue weighted by atomic mass is 9.71. The lowest BCUT2D eigenvalue weighted by Crippen LogP contribution is -2.26. The van der Waals surface area contributed by atoms with Gasteiger partial charge in [0.05, 0.1) is 12.3 Å². The monoisotopic (exact) mass is 580 g/mol. The smallest absolute Gasteiger partial charge is 0.339 e. The molecule has 11 heteroatoms. The molecule has 4 rings (SSSR count). The quantitative estimate of drug-likeness (QED) is 0.221. The number of esters is 2. The maximum atomic E-state index is 13.2. The fourth-order valence-corrected chi connectivity index (χ4v) is 5.35. The molecule has 224 valence electrons. The van der Waals surface area contributed by atoms with E-state index in [4.69, 9.17) is 9.47 Å². The highest BCUT2D eigenvalue weighted by atomic mass is 19.1. The molecular formula is C31H37FN4O6. The number of fused-ring (bicyclic) bond motifs is 1. The molecule has 3 aromatic rings. The molecule has 2 heterocycles. The van der Waals surface area contributed by atoms with Crippen LogP contribution in [0.15, 0.2) is 35.3 Å². The fraction of sp³-hybridized carbons (Fsp3) is 0.484. The number of aliphatic hydroxyl groups is 1. The zero-order valence-electron chi connectivity index (χ0n) is 24.6. The van der Waals surface area contributed by atoms with E-state index in [0.29, 0.717) is 28.2 Å². The maximum absolute atomic E-state index is 13.2. The van der Waals surface area contributed by atoms with Crippen LogP contribution in [0.3, 0.4) is 0 Å². The molecule has 0 aliphatic heterocycles. The van der Waals surface area contributed by atoms with Crippen molar-refractivity contribution in [3.05, 3.63) is 64.4 Å². The van der Waals surface area contributed by atoms with Gasteiger partial charge >= 0.3 is 11.9 Å². The molecule has 42 heavy (non-hydrogen) atoms. The highest BCUT2D eigenvalue weighted by molar-refractivity contribution is 6.00. The summed E-state index contributed by atoms with van der Waals surface area (Å²) in [5.74, 6) is -2.26. The van der Waals surface area contributed by atoms with Crippen LogP contribution in [0.4, 0.5) is 4.39 Å². The fourth-order valence-electron chi connectivity index (χ4n) is 5.35. The number of ketones is 1. The number of benzene rings is 1. The first kappa shape index (κ1) is 31.0. The minimum absolute atomic E-state index is 0.0274. The second-order valence-corrected chi connectivity index (χ2v) is 11.4. The molecule has 0 saturated heterocycles. The van der Waals surface area contributed by atoms with Gasteiger partial charge < -0.3 is 14.6 Å². The largest absolute Gasteiger partial charge is 0.464 e. The number of Topliss-reactive ketones (excluding diaryl/α,β-unsaturated/α-hetero) is 1. The van der Waals surface area contributed by atoms with Gasteiger partial charge in [-0.15, -0.1) is 0 Å². The van der Waals surface area contributed by atoms with E-state index in [1.54, 1.807) is 24.4 Å². The minimum Gasteiger partial charge on any atom is -0.464 e. The summed E-state index contributed by atoms with van der Waals surface area (Å²) in [6.07, 6.45) is 1.99. The summed E-state index contributed by atoms with van der Waals surface area (Å²) >= 11 is 0. The molecule has 1 aliphatic carbocycles. The summed E-state index contributed by atoms with van der Waals surface area (Å²) in [5.41, 5.74) is 2.84. The molecule has 0 bridgehead atoms. The lowest BCUT2D eigenvalue weighted by Gasteiger charge is -2.35. The number of carbonyl (C=O) groups is 3. The highest BCUT2D eigenvalue weighted by Gasteiger charge is 2.35. The van der Waals surface area contributed by atoms with Gasteiger partial charge in [0, 0.05) is 36.6 Å². The Hall–Kier alpha value is -3.99. The Kier molecular flexibility index (Phi) is 9.50. The second kappa shape index (κ2) is 12.9. The number of aryl methyl sites for hydroxylation is 1. The van der Waals surface area contributed by atoms with Crippen LogP contribution in [0.2, 0.25) is 0 Å². The number of aliphatic hydroxyl groups excluding tert-OH is 1. The van der Waals surface area contributed by atoms with Crippen molar-refractivity contribution < 1.29 is 33.4 Å². The van der Waals surface area contributed by atoms with Gasteiger partial charge in [-0.05, 0) is 62.6 Å². The Morgan fingerprint density at radius 1 is 1.19 bits per heavy atom. The van der Waals surface area contributed by atoms with Gasteiger partial charge in [0.1, 0.15) is 18.1 Å². The third-order valence-electron chi connectivity index (χ3n) is 7.55. The Balaban J connectivity index is 1.75. The third-order valence-corrected chi connectivity index (χ3v) is 7.55. The van der Waals surface area contributed by atoms with Gasteiger partial charge in [-0.2, -0.15) is 5.10 Å². The molecule has 1 aliphatic rings. The predicted molar refractivity (Wildman–Crippen MR) is 153 cm³/mol. The lowest BCUT2D eigenvalue weighted by molar-refractivity contribution is -0.153. The van der Waals surface area contributed by atoms with E-state index < -0.39 is 23.9 Å². The Morgan fingerprint density at radius 2 is 1.86 bits per heavy atom. The van der Waals surface area contributed by atoms with Crippen molar-refractivity contribution in [2.24, 2.45) is 10.4 Å². The van der Waals surface area contributed by atoms with Crippen molar-refractivity contribution in [2.45, 2.75) is 78.7 Å². The van der Waals surface area contributed by atoms with Gasteiger partial charge in [-0.1, -0.05) is 26.0 Å². The molecule has 10 nitrogen and oxygen atoms in total. The first-order valence-electron chi connectivity index (χ1n) is 14.1. The van der Waals surface area contributed by atoms with Crippen LogP contribution in [0.25, 0.3) is 5.65 Å². The molecule has 0 amide bonds. The van der Waals surface area contributed by atoms with Crippen LogP contribution in [-0.2, 0) is 30.3 Å². The van der Waals surface area contributed by atoms with Crippen LogP contribution in [0.5, 0.6) is 0 Å². The molecule has 1 aromatic carbocycles. The molecule has 2 aromatic heterocycles. The van der Waals surface area contributed by atoms with E-state index in [1.165, 1.54) is 31.2 Å². The average Bonchev–Trinajstić information content (AvgIpc) is 3.35. The number of aliphatic imine (C=N–C) groups is 1. The van der Waals surface area contributed by atoms with Crippen LogP contribution in [0.1, 0.15) is 93.6 Å². The summed E-state index contributed by atoms with van der Waals surface area (Å²) in [5, 5.41) is 15.8. The van der Waals surface area contributed by atoms with Crippen molar-refractivity contribution >= 4 is 29.3 Å². The Morgan fingerprint density at radius 3 is 2.48 bits per heavy atom. The number of nitrogens with zero attached hydrogens (tertiary/aromatic N) is 4. The number of halogens is 1. The van der Waals surface area contributed by atoms with Gasteiger partial charge in [0.2, 0.25) is 5.90 Å². The minimum atomic E-state index is -1.55. The van der Waals surface area contributed by atoms with Crippen LogP contribution in [0, 0.1) is 18.2 Å². The normalized spacial score (nSPS) is 16.3. The second-order valence-electron chi connectivity index (χ2n) is 11.4. The first-order valence-corrected chi connectivity index (χ1v) is 14.1. The van der Waals surface area contributed by atoms with Crippen LogP contribution >= 0.6 is 0 Å². The predicted octanol–water partition coefficient (Wildman–Crippen LogP) is 4.58. The summed E-state index contributed by atoms with van der Waals surface area (Å²) < 4.78 is 25.3. The molecule has 1 fully saturated rings. The van der Waals surface area contributed by atoms with Gasteiger partial charge in [0.25, 0.3) is 0 Å². The Labute approximate surface area is 244 Å². The van der Waals surface area contributed by atoms with E-state index >= 15 is 0 Å². The molecule has 0 spiro atoms. The van der Waals surface area contributed by atoms with Gasteiger partial charge in [-0.25, -0.2) is 23.7 Å². The van der Waals surface area contributed by atoms with E-state index in [-0.39, 0.29) is 48.3 Å². The number of aromatic nitrogens is 3. The molecule has 1 atom stereocenters. The summed E-state index contributed by atoms with van der Waals surface area (Å²) in [6.45, 7) is 8.87. The zero-order valence-corrected chi connectivity index (χ0v) is 24.6. The third kappa shape index (κ3) is 7.25. The van der Waals surface area contributed by atoms with E-state index in [1.807, 2.05) is 0 Å². The van der Waals surface area contributed by atoms with Crippen molar-refractivity contribution in [3.8, 4) is 0 Å². The van der Waals surface area contributed by atoms with E-state index in [0.717, 1.165) is 25.7 Å². The summed E-state index contributed by atoms with van der Waals surface area (Å²) in [7, 11) is 0. The van der Waals surface area contributed by atoms with Gasteiger partial charge in [0.15, 0.2) is 17.5 Å². The van der Waals surface area contributed by atoms with Crippen molar-refractivity contribution in [1.82, 2.24) is 14.6 Å². The van der Waals surface area contributed by atoms with Crippen LogP contribution in [-0.4, -0.2) is 56.5 Å². The summed E-state index contributed by atoms with van der Waals surface area (Å²) in [6, 6.07) is 7.20. The molecule has 1 N–H and O–H groups in total. The summed E-state index contributed by atoms with van der Waals surface area (Å²) in [4.78, 5) is 46.1. The number of carbonyl (C=O) groups excluding carboxylic acids is 3. The first-order chi connectivity index (χ1) is 19.9. The molecule has 0 radical (unpaired) electrons. The maximum Gasteiger partial charge on any atom is 0.339 e. The van der Waals surface area contributed by atoms with Crippen LogP contribution < -0.4 is 0 Å². The number of rotatable bonds is 9. The molecule has 1 saturated carbocycles. The topological polar surface area (TPSA) is 132 Å². The van der Waals surface area contributed by atoms with E-state index in [9.17, 15) is 23.9 Å². The molecular weight excluding hydrogens is 543 g/mol. The SMILES string of the molecule is CCOC(=O)[C@@H](O)c1c(C)nc2cc(/C(=N/CC(=O)Cc3ccc(F)cc3)OC(C)=O)nn2c1C1CCC(C)(C)CC1.